The quantitative estimate of drug-likeness (QED) is 0.816. The molecule has 0 saturated heterocycles. The van der Waals surface area contributed by atoms with E-state index in [4.69, 9.17) is 35.4 Å². The first-order valence-corrected chi connectivity index (χ1v) is 6.85. The van der Waals surface area contributed by atoms with Crippen LogP contribution in [-0.4, -0.2) is 11.0 Å². The van der Waals surface area contributed by atoms with Gasteiger partial charge in [0.1, 0.15) is 0 Å². The highest BCUT2D eigenvalue weighted by molar-refractivity contribution is 7.80. The summed E-state index contributed by atoms with van der Waals surface area (Å²) < 4.78 is 0. The van der Waals surface area contributed by atoms with Crippen molar-refractivity contribution < 1.29 is 4.79 Å². The Kier molecular flexibility index (Phi) is 4.95. The van der Waals surface area contributed by atoms with Crippen LogP contribution in [0.15, 0.2) is 48.5 Å². The number of carbonyl (C=O) groups excluding carboxylic acids is 1. The molecule has 20 heavy (non-hydrogen) atoms. The number of benzene rings is 2. The van der Waals surface area contributed by atoms with Crippen molar-refractivity contribution in [1.82, 2.24) is 5.32 Å². The van der Waals surface area contributed by atoms with Gasteiger partial charge < -0.3 is 5.32 Å². The molecule has 2 aromatic rings. The van der Waals surface area contributed by atoms with E-state index >= 15 is 0 Å². The van der Waals surface area contributed by atoms with Crippen LogP contribution in [0.2, 0.25) is 10.0 Å². The predicted octanol–water partition coefficient (Wildman–Crippen LogP) is 4.12. The molecule has 1 amide bonds. The first-order chi connectivity index (χ1) is 9.56. The first-order valence-electron chi connectivity index (χ1n) is 5.68. The fraction of sp³-hybridized carbons (Fsp3) is 0. The van der Waals surface area contributed by atoms with Crippen LogP contribution in [0.1, 0.15) is 10.4 Å². The molecule has 2 N–H and O–H groups in total. The fourth-order valence-electron chi connectivity index (χ4n) is 1.52. The minimum absolute atomic E-state index is 0.170. The molecule has 0 bridgehead atoms. The van der Waals surface area contributed by atoms with Crippen molar-refractivity contribution in [1.29, 1.82) is 0 Å². The SMILES string of the molecule is O=C(NC(=S)Nc1ccccc1Cl)c1cccc(Cl)c1. The highest BCUT2D eigenvalue weighted by Gasteiger charge is 2.09. The second-order valence-corrected chi connectivity index (χ2v) is 5.15. The van der Waals surface area contributed by atoms with Crippen molar-refractivity contribution in [3.8, 4) is 0 Å². The lowest BCUT2D eigenvalue weighted by Gasteiger charge is -2.10. The maximum absolute atomic E-state index is 12.0. The molecule has 6 heteroatoms. The Morgan fingerprint density at radius 3 is 2.50 bits per heavy atom. The van der Waals surface area contributed by atoms with Crippen molar-refractivity contribution in [2.45, 2.75) is 0 Å². The maximum atomic E-state index is 12.0. The predicted molar refractivity (Wildman–Crippen MR) is 86.6 cm³/mol. The molecule has 0 aromatic heterocycles. The molecular weight excluding hydrogens is 315 g/mol. The van der Waals surface area contributed by atoms with Crippen LogP contribution in [0.5, 0.6) is 0 Å². The third-order valence-electron chi connectivity index (χ3n) is 2.44. The number of amides is 1. The lowest BCUT2D eigenvalue weighted by molar-refractivity contribution is 0.0977. The summed E-state index contributed by atoms with van der Waals surface area (Å²) in [6.07, 6.45) is 0. The minimum Gasteiger partial charge on any atom is -0.331 e. The molecule has 2 rings (SSSR count). The number of hydrogen-bond donors (Lipinski definition) is 2. The van der Waals surface area contributed by atoms with E-state index in [1.54, 1.807) is 42.5 Å². The van der Waals surface area contributed by atoms with Crippen LogP contribution >= 0.6 is 35.4 Å². The van der Waals surface area contributed by atoms with Gasteiger partial charge in [0.25, 0.3) is 5.91 Å². The van der Waals surface area contributed by atoms with E-state index in [0.29, 0.717) is 21.3 Å². The molecule has 2 aromatic carbocycles. The number of thiocarbonyl (C=S) groups is 1. The highest BCUT2D eigenvalue weighted by Crippen LogP contribution is 2.20. The molecule has 102 valence electrons. The lowest BCUT2D eigenvalue weighted by Crippen LogP contribution is -2.34. The summed E-state index contributed by atoms with van der Waals surface area (Å²) in [5.41, 5.74) is 1.06. The number of carbonyl (C=O) groups is 1. The van der Waals surface area contributed by atoms with Crippen LogP contribution in [0.25, 0.3) is 0 Å². The van der Waals surface area contributed by atoms with E-state index in [2.05, 4.69) is 10.6 Å². The van der Waals surface area contributed by atoms with E-state index in [0.717, 1.165) is 0 Å². The Balaban J connectivity index is 2.02. The zero-order chi connectivity index (χ0) is 14.5. The van der Waals surface area contributed by atoms with Gasteiger partial charge in [0.15, 0.2) is 5.11 Å². The van der Waals surface area contributed by atoms with Gasteiger partial charge in [-0.3, -0.25) is 10.1 Å². The van der Waals surface area contributed by atoms with Gasteiger partial charge in [0.2, 0.25) is 0 Å². The van der Waals surface area contributed by atoms with Gasteiger partial charge in [0.05, 0.1) is 10.7 Å². The number of nitrogens with one attached hydrogen (secondary N) is 2. The van der Waals surface area contributed by atoms with Gasteiger partial charge in [0, 0.05) is 10.6 Å². The lowest BCUT2D eigenvalue weighted by atomic mass is 10.2. The first kappa shape index (κ1) is 14.8. The van der Waals surface area contributed by atoms with Crippen molar-refractivity contribution >= 4 is 52.1 Å². The smallest absolute Gasteiger partial charge is 0.257 e. The Labute approximate surface area is 131 Å². The molecule has 0 radical (unpaired) electrons. The van der Waals surface area contributed by atoms with Crippen molar-refractivity contribution in [3.63, 3.8) is 0 Å². The molecule has 0 heterocycles. The van der Waals surface area contributed by atoms with E-state index in [9.17, 15) is 4.79 Å². The second-order valence-electron chi connectivity index (χ2n) is 3.90. The Bertz CT molecular complexity index is 661. The largest absolute Gasteiger partial charge is 0.331 e. The van der Waals surface area contributed by atoms with Gasteiger partial charge >= 0.3 is 0 Å². The standard InChI is InChI=1S/C14H10Cl2N2OS/c15-10-5-3-4-9(8-10)13(19)18-14(20)17-12-7-2-1-6-11(12)16/h1-8H,(H2,17,18,19,20). The Morgan fingerprint density at radius 2 is 1.80 bits per heavy atom. The van der Waals surface area contributed by atoms with E-state index in [1.807, 2.05) is 6.07 Å². The Hall–Kier alpha value is -1.62. The van der Waals surface area contributed by atoms with Crippen molar-refractivity contribution in [2.75, 3.05) is 5.32 Å². The minimum atomic E-state index is -0.336. The molecular formula is C14H10Cl2N2OS. The van der Waals surface area contributed by atoms with Crippen LogP contribution in [0.4, 0.5) is 5.69 Å². The molecule has 3 nitrogen and oxygen atoms in total. The highest BCUT2D eigenvalue weighted by atomic mass is 35.5. The zero-order valence-electron chi connectivity index (χ0n) is 10.2. The van der Waals surface area contributed by atoms with Crippen LogP contribution in [0, 0.1) is 0 Å². The van der Waals surface area contributed by atoms with Gasteiger partial charge in [-0.05, 0) is 42.5 Å². The molecule has 0 aliphatic rings. The summed E-state index contributed by atoms with van der Waals surface area (Å²) >= 11 is 16.9. The average molecular weight is 325 g/mol. The Morgan fingerprint density at radius 1 is 1.05 bits per heavy atom. The van der Waals surface area contributed by atoms with Crippen LogP contribution < -0.4 is 10.6 Å². The van der Waals surface area contributed by atoms with Gasteiger partial charge in [-0.1, -0.05) is 41.4 Å². The summed E-state index contributed by atoms with van der Waals surface area (Å²) in [5, 5.41) is 6.60. The zero-order valence-corrected chi connectivity index (χ0v) is 12.5. The summed E-state index contributed by atoms with van der Waals surface area (Å²) in [6.45, 7) is 0. The molecule has 0 atom stereocenters. The van der Waals surface area contributed by atoms with Gasteiger partial charge in [-0.2, -0.15) is 0 Å². The van der Waals surface area contributed by atoms with Crippen molar-refractivity contribution in [3.05, 3.63) is 64.1 Å². The molecule has 0 fully saturated rings. The van der Waals surface area contributed by atoms with E-state index in [1.165, 1.54) is 0 Å². The monoisotopic (exact) mass is 324 g/mol. The number of hydrogen-bond acceptors (Lipinski definition) is 2. The number of para-hydroxylation sites is 1. The summed E-state index contributed by atoms with van der Waals surface area (Å²) in [5.74, 6) is -0.336. The number of rotatable bonds is 2. The molecule has 0 unspecified atom stereocenters. The third kappa shape index (κ3) is 3.93. The van der Waals surface area contributed by atoms with Crippen LogP contribution in [0.3, 0.4) is 0 Å². The van der Waals surface area contributed by atoms with Crippen LogP contribution in [-0.2, 0) is 0 Å². The molecule has 0 aliphatic heterocycles. The normalized spacial score (nSPS) is 9.90. The van der Waals surface area contributed by atoms with Gasteiger partial charge in [-0.15, -0.1) is 0 Å². The van der Waals surface area contributed by atoms with E-state index in [-0.39, 0.29) is 11.0 Å². The summed E-state index contributed by atoms with van der Waals surface area (Å²) in [6, 6.07) is 13.7. The molecule has 0 aliphatic carbocycles. The average Bonchev–Trinajstić information content (AvgIpc) is 2.41. The molecule has 0 spiro atoms. The van der Waals surface area contributed by atoms with E-state index < -0.39 is 0 Å². The molecule has 0 saturated carbocycles. The van der Waals surface area contributed by atoms with Gasteiger partial charge in [-0.25, -0.2) is 0 Å². The van der Waals surface area contributed by atoms with Crippen molar-refractivity contribution in [2.24, 2.45) is 0 Å². The number of halogens is 2. The summed E-state index contributed by atoms with van der Waals surface area (Å²) in [7, 11) is 0. The summed E-state index contributed by atoms with van der Waals surface area (Å²) in [4.78, 5) is 12.0. The third-order valence-corrected chi connectivity index (χ3v) is 3.20. The maximum Gasteiger partial charge on any atom is 0.257 e. The topological polar surface area (TPSA) is 41.1 Å². The second kappa shape index (κ2) is 6.70. The number of anilines is 1. The fourth-order valence-corrected chi connectivity index (χ4v) is 2.10.